The maximum atomic E-state index is 13.0. The molecule has 5 rings (SSSR count). The van der Waals surface area contributed by atoms with Crippen molar-refractivity contribution in [2.45, 2.75) is 39.8 Å². The Hall–Kier alpha value is -4.10. The van der Waals surface area contributed by atoms with Crippen molar-refractivity contribution in [3.8, 4) is 17.2 Å². The van der Waals surface area contributed by atoms with Crippen molar-refractivity contribution in [2.24, 2.45) is 0 Å². The van der Waals surface area contributed by atoms with Crippen LogP contribution in [-0.4, -0.2) is 52.4 Å². The summed E-state index contributed by atoms with van der Waals surface area (Å²) < 4.78 is 12.0. The Morgan fingerprint density at radius 1 is 1.05 bits per heavy atom. The van der Waals surface area contributed by atoms with Gasteiger partial charge in [0.1, 0.15) is 5.75 Å². The predicted octanol–water partition coefficient (Wildman–Crippen LogP) is 6.15. The van der Waals surface area contributed by atoms with Crippen molar-refractivity contribution in [3.05, 3.63) is 107 Å². The molecule has 0 fully saturated rings. The van der Waals surface area contributed by atoms with Crippen molar-refractivity contribution in [3.63, 3.8) is 0 Å². The molecule has 1 atom stereocenters. The maximum Gasteiger partial charge on any atom is 0.253 e. The average molecular weight is 525 g/mol. The average Bonchev–Trinajstić information content (AvgIpc) is 3.37. The summed E-state index contributed by atoms with van der Waals surface area (Å²) in [4.78, 5) is 25.0. The Morgan fingerprint density at radius 2 is 1.79 bits per heavy atom. The number of amides is 1. The van der Waals surface area contributed by atoms with Crippen LogP contribution in [0, 0.1) is 6.92 Å². The minimum Gasteiger partial charge on any atom is -0.493 e. The lowest BCUT2D eigenvalue weighted by Gasteiger charge is -2.38. The second kappa shape index (κ2) is 11.7. The predicted molar refractivity (Wildman–Crippen MR) is 152 cm³/mol. The number of fused-ring (bicyclic) bond motifs is 1. The number of methoxy groups -OCH3 is 1. The topological polar surface area (TPSA) is 70.7 Å². The summed E-state index contributed by atoms with van der Waals surface area (Å²) in [5.41, 5.74) is 6.34. The van der Waals surface area contributed by atoms with Crippen LogP contribution in [0.15, 0.2) is 73.1 Å². The minimum absolute atomic E-state index is 0.0296. The first-order valence-corrected chi connectivity index (χ1v) is 13.6. The number of para-hydroxylation sites is 1. The first-order chi connectivity index (χ1) is 19.0. The molecule has 2 heterocycles. The van der Waals surface area contributed by atoms with Crippen LogP contribution in [-0.2, 0) is 13.0 Å². The lowest BCUT2D eigenvalue weighted by Crippen LogP contribution is -2.36. The number of aromatic nitrogens is 2. The number of nitrogens with one attached hydrogen (secondary N) is 1. The van der Waals surface area contributed by atoms with Gasteiger partial charge in [0.15, 0.2) is 11.5 Å². The molecule has 0 spiro atoms. The molecule has 1 aromatic heterocycles. The molecule has 3 aromatic carbocycles. The van der Waals surface area contributed by atoms with Gasteiger partial charge in [0.25, 0.3) is 5.91 Å². The highest BCUT2D eigenvalue weighted by molar-refractivity contribution is 5.94. The second-order valence-electron chi connectivity index (χ2n) is 9.81. The largest absolute Gasteiger partial charge is 0.493 e. The van der Waals surface area contributed by atoms with Crippen molar-refractivity contribution in [2.75, 3.05) is 26.7 Å². The number of hydrogen-bond acceptors (Lipinski definition) is 5. The number of carbonyl (C=O) groups excluding carboxylic acids is 1. The van der Waals surface area contributed by atoms with E-state index >= 15 is 0 Å². The molecule has 0 unspecified atom stereocenters. The third-order valence-electron chi connectivity index (χ3n) is 7.54. The van der Waals surface area contributed by atoms with Crippen molar-refractivity contribution < 1.29 is 14.3 Å². The van der Waals surface area contributed by atoms with Gasteiger partial charge in [-0.3, -0.25) is 9.69 Å². The smallest absolute Gasteiger partial charge is 0.253 e. The Morgan fingerprint density at radius 3 is 2.44 bits per heavy atom. The van der Waals surface area contributed by atoms with E-state index in [4.69, 9.17) is 9.47 Å². The lowest BCUT2D eigenvalue weighted by molar-refractivity contribution is 0.0773. The van der Waals surface area contributed by atoms with Gasteiger partial charge in [-0.2, -0.15) is 0 Å². The number of hydrogen-bond donors (Lipinski definition) is 1. The van der Waals surface area contributed by atoms with Gasteiger partial charge >= 0.3 is 0 Å². The van der Waals surface area contributed by atoms with Crippen molar-refractivity contribution in [1.82, 2.24) is 19.8 Å². The first-order valence-electron chi connectivity index (χ1n) is 13.6. The van der Waals surface area contributed by atoms with Crippen LogP contribution >= 0.6 is 0 Å². The summed E-state index contributed by atoms with van der Waals surface area (Å²) in [5, 5.41) is 0. The third-order valence-corrected chi connectivity index (χ3v) is 7.54. The molecular formula is C32H36N4O3. The number of ether oxygens (including phenoxy) is 2. The van der Waals surface area contributed by atoms with E-state index < -0.39 is 0 Å². The molecule has 0 saturated heterocycles. The molecule has 0 bridgehead atoms. The van der Waals surface area contributed by atoms with Gasteiger partial charge in [-0.1, -0.05) is 30.3 Å². The summed E-state index contributed by atoms with van der Waals surface area (Å²) in [6.45, 7) is 9.03. The van der Waals surface area contributed by atoms with E-state index in [2.05, 4.69) is 39.1 Å². The van der Waals surface area contributed by atoms with Crippen LogP contribution in [0.3, 0.4) is 0 Å². The van der Waals surface area contributed by atoms with Crippen molar-refractivity contribution >= 4 is 5.91 Å². The standard InChI is InChI=1S/C32H36N4O3/c1-5-35(6-2)32(37)24-14-12-23(13-15-24)31-27-19-30(39-26-10-8-7-9-11-26)29(38-4)18-25(27)16-17-36(31)20-28-22(3)33-21-34-28/h7-15,18-19,21,31H,5-6,16-17,20H2,1-4H3,(H,33,34)/t31-/m1/s1. The van der Waals surface area contributed by atoms with Crippen LogP contribution in [0.2, 0.25) is 0 Å². The summed E-state index contributed by atoms with van der Waals surface area (Å²) in [6, 6.07) is 22.0. The Kier molecular flexibility index (Phi) is 7.98. The van der Waals surface area contributed by atoms with Gasteiger partial charge in [-0.25, -0.2) is 4.98 Å². The van der Waals surface area contributed by atoms with Gasteiger partial charge in [0.2, 0.25) is 0 Å². The molecule has 1 aliphatic rings. The summed E-state index contributed by atoms with van der Waals surface area (Å²) >= 11 is 0. The van der Waals surface area contributed by atoms with Crippen LogP contribution in [0.1, 0.15) is 58.3 Å². The number of benzene rings is 3. The molecule has 7 heteroatoms. The van der Waals surface area contributed by atoms with Crippen LogP contribution < -0.4 is 9.47 Å². The summed E-state index contributed by atoms with van der Waals surface area (Å²) in [6.07, 6.45) is 2.64. The van der Waals surface area contributed by atoms with Gasteiger partial charge in [-0.05, 0) is 80.3 Å². The van der Waals surface area contributed by atoms with E-state index in [0.717, 1.165) is 48.0 Å². The van der Waals surface area contributed by atoms with Gasteiger partial charge in [-0.15, -0.1) is 0 Å². The fourth-order valence-corrected chi connectivity index (χ4v) is 5.35. The number of H-pyrrole nitrogens is 1. The quantitative estimate of drug-likeness (QED) is 0.284. The Bertz CT molecular complexity index is 1410. The summed E-state index contributed by atoms with van der Waals surface area (Å²) in [7, 11) is 1.68. The molecule has 0 aliphatic carbocycles. The number of aryl methyl sites for hydroxylation is 1. The molecule has 1 amide bonds. The zero-order chi connectivity index (χ0) is 27.4. The van der Waals surface area contributed by atoms with E-state index in [9.17, 15) is 4.79 Å². The normalized spacial score (nSPS) is 15.0. The molecule has 202 valence electrons. The van der Waals surface area contributed by atoms with Gasteiger partial charge in [0, 0.05) is 31.7 Å². The molecule has 4 aromatic rings. The molecule has 1 N–H and O–H groups in total. The number of rotatable bonds is 9. The highest BCUT2D eigenvalue weighted by Gasteiger charge is 2.31. The molecule has 0 radical (unpaired) electrons. The fourth-order valence-electron chi connectivity index (χ4n) is 5.35. The second-order valence-corrected chi connectivity index (χ2v) is 9.81. The maximum absolute atomic E-state index is 13.0. The van der Waals surface area contributed by atoms with E-state index in [1.165, 1.54) is 11.1 Å². The van der Waals surface area contributed by atoms with Crippen molar-refractivity contribution in [1.29, 1.82) is 0 Å². The van der Waals surface area contributed by atoms with Gasteiger partial charge in [0.05, 0.1) is 30.9 Å². The van der Waals surface area contributed by atoms with E-state index in [1.54, 1.807) is 13.4 Å². The van der Waals surface area contributed by atoms with Crippen LogP contribution in [0.25, 0.3) is 0 Å². The Balaban J connectivity index is 1.56. The van der Waals surface area contributed by atoms with E-state index in [0.29, 0.717) is 24.4 Å². The fraction of sp³-hybridized carbons (Fsp3) is 0.312. The SMILES string of the molecule is CCN(CC)C(=O)c1ccc([C@@H]2c3cc(Oc4ccccc4)c(OC)cc3CCN2Cc2[nH]cnc2C)cc1. The third kappa shape index (κ3) is 5.54. The number of aromatic amines is 1. The number of imidazole rings is 1. The van der Waals surface area contributed by atoms with Gasteiger partial charge < -0.3 is 19.4 Å². The van der Waals surface area contributed by atoms with Crippen LogP contribution in [0.5, 0.6) is 17.2 Å². The molecule has 39 heavy (non-hydrogen) atoms. The monoisotopic (exact) mass is 524 g/mol. The highest BCUT2D eigenvalue weighted by atomic mass is 16.5. The lowest BCUT2D eigenvalue weighted by atomic mass is 9.87. The molecule has 7 nitrogen and oxygen atoms in total. The molecular weight excluding hydrogens is 488 g/mol. The minimum atomic E-state index is -0.0296. The number of carbonyl (C=O) groups is 1. The van der Waals surface area contributed by atoms with E-state index in [1.807, 2.05) is 68.1 Å². The zero-order valence-electron chi connectivity index (χ0n) is 23.1. The van der Waals surface area contributed by atoms with Crippen LogP contribution in [0.4, 0.5) is 0 Å². The molecule has 0 saturated carbocycles. The zero-order valence-corrected chi connectivity index (χ0v) is 23.1. The summed E-state index contributed by atoms with van der Waals surface area (Å²) in [5.74, 6) is 2.21. The Labute approximate surface area is 230 Å². The molecule has 1 aliphatic heterocycles. The van der Waals surface area contributed by atoms with E-state index in [-0.39, 0.29) is 11.9 Å². The first kappa shape index (κ1) is 26.5. The highest BCUT2D eigenvalue weighted by Crippen LogP contribution is 2.43. The number of nitrogens with zero attached hydrogens (tertiary/aromatic N) is 3.